The summed E-state index contributed by atoms with van der Waals surface area (Å²) in [6.07, 6.45) is 7.90. The molecule has 2 N–H and O–H groups in total. The van der Waals surface area contributed by atoms with Crippen LogP contribution in [-0.2, 0) is 11.8 Å². The molecule has 8 nitrogen and oxygen atoms in total. The van der Waals surface area contributed by atoms with Gasteiger partial charge in [-0.25, -0.2) is 4.98 Å². The Morgan fingerprint density at radius 1 is 1.22 bits per heavy atom. The van der Waals surface area contributed by atoms with Crippen LogP contribution in [0.5, 0.6) is 5.75 Å². The Hall–Kier alpha value is -3.13. The molecule has 0 atom stereocenters. The molecule has 4 rings (SSSR count). The Bertz CT molecular complexity index is 1040. The van der Waals surface area contributed by atoms with Crippen LogP contribution in [0.2, 0.25) is 0 Å². The molecule has 1 aromatic carbocycles. The molecule has 170 valence electrons. The van der Waals surface area contributed by atoms with Gasteiger partial charge in [0.1, 0.15) is 11.6 Å². The minimum atomic E-state index is 0.0530. The lowest BCUT2D eigenvalue weighted by atomic mass is 10.0. The average molecular weight is 437 g/mol. The first kappa shape index (κ1) is 22.1. The van der Waals surface area contributed by atoms with Crippen molar-refractivity contribution in [2.75, 3.05) is 30.4 Å². The maximum atomic E-state index is 6.10. The van der Waals surface area contributed by atoms with E-state index in [1.807, 2.05) is 64.6 Å². The van der Waals surface area contributed by atoms with Gasteiger partial charge in [0.25, 0.3) is 0 Å². The maximum Gasteiger partial charge on any atom is 0.229 e. The minimum absolute atomic E-state index is 0.0530. The van der Waals surface area contributed by atoms with Crippen LogP contribution in [-0.4, -0.2) is 45.6 Å². The van der Waals surface area contributed by atoms with Crippen LogP contribution in [0.3, 0.4) is 0 Å². The Morgan fingerprint density at radius 3 is 2.75 bits per heavy atom. The molecule has 0 amide bonds. The highest BCUT2D eigenvalue weighted by atomic mass is 16.5. The summed E-state index contributed by atoms with van der Waals surface area (Å²) >= 11 is 0. The van der Waals surface area contributed by atoms with Crippen molar-refractivity contribution in [2.45, 2.75) is 39.7 Å². The lowest BCUT2D eigenvalue weighted by Gasteiger charge is -2.22. The predicted octanol–water partition coefficient (Wildman–Crippen LogP) is 4.55. The summed E-state index contributed by atoms with van der Waals surface area (Å²) in [7, 11) is 1.91. The van der Waals surface area contributed by atoms with Crippen LogP contribution in [0.25, 0.3) is 11.1 Å². The molecule has 32 heavy (non-hydrogen) atoms. The van der Waals surface area contributed by atoms with E-state index in [0.29, 0.717) is 11.9 Å². The van der Waals surface area contributed by atoms with Gasteiger partial charge in [-0.05, 0) is 51.7 Å². The number of anilines is 3. The molecule has 0 spiro atoms. The van der Waals surface area contributed by atoms with E-state index in [1.165, 1.54) is 0 Å². The SMILES string of the molecule is Cc1cnc(Nc2ccc(-c3cnn(C)c3)c(OC(C)C)c2)nc1NCC1CCOCC1. The molecular formula is C24H32N6O2. The summed E-state index contributed by atoms with van der Waals surface area (Å²) in [5, 5.41) is 11.1. The van der Waals surface area contributed by atoms with Gasteiger partial charge in [-0.3, -0.25) is 4.68 Å². The number of hydrogen-bond acceptors (Lipinski definition) is 7. The van der Waals surface area contributed by atoms with Gasteiger partial charge in [0.15, 0.2) is 0 Å². The smallest absolute Gasteiger partial charge is 0.229 e. The summed E-state index contributed by atoms with van der Waals surface area (Å²) in [6, 6.07) is 6.03. The van der Waals surface area contributed by atoms with E-state index < -0.39 is 0 Å². The summed E-state index contributed by atoms with van der Waals surface area (Å²) < 4.78 is 13.3. The van der Waals surface area contributed by atoms with Gasteiger partial charge in [-0.1, -0.05) is 0 Å². The van der Waals surface area contributed by atoms with Crippen LogP contribution in [0, 0.1) is 12.8 Å². The summed E-state index contributed by atoms with van der Waals surface area (Å²) in [4.78, 5) is 9.17. The van der Waals surface area contributed by atoms with Gasteiger partial charge in [0, 0.05) is 67.6 Å². The third-order valence-electron chi connectivity index (χ3n) is 5.49. The Labute approximate surface area is 189 Å². The van der Waals surface area contributed by atoms with Crippen LogP contribution in [0.15, 0.2) is 36.8 Å². The standard InChI is InChI=1S/C24H32N6O2/c1-16(2)32-22-11-20(5-6-21(22)19-14-27-30(4)15-19)28-24-26-12-17(3)23(29-24)25-13-18-7-9-31-10-8-18/h5-6,11-12,14-16,18H,7-10,13H2,1-4H3,(H2,25,26,28,29). The summed E-state index contributed by atoms with van der Waals surface area (Å²) in [5.74, 6) is 2.82. The van der Waals surface area contributed by atoms with Crippen molar-refractivity contribution in [1.29, 1.82) is 0 Å². The molecule has 1 fully saturated rings. The molecular weight excluding hydrogens is 404 g/mol. The molecule has 8 heteroatoms. The third kappa shape index (κ3) is 5.56. The van der Waals surface area contributed by atoms with Crippen molar-refractivity contribution < 1.29 is 9.47 Å². The Morgan fingerprint density at radius 2 is 2.03 bits per heavy atom. The first-order valence-electron chi connectivity index (χ1n) is 11.2. The lowest BCUT2D eigenvalue weighted by molar-refractivity contribution is 0.0699. The molecule has 0 unspecified atom stereocenters. The van der Waals surface area contributed by atoms with E-state index in [1.54, 1.807) is 4.68 Å². The minimum Gasteiger partial charge on any atom is -0.490 e. The first-order chi connectivity index (χ1) is 15.5. The van der Waals surface area contributed by atoms with E-state index >= 15 is 0 Å². The molecule has 3 heterocycles. The van der Waals surface area contributed by atoms with Gasteiger partial charge in [0.05, 0.1) is 12.3 Å². The fourth-order valence-corrected chi connectivity index (χ4v) is 3.75. The van der Waals surface area contributed by atoms with Crippen molar-refractivity contribution in [3.05, 3.63) is 42.4 Å². The van der Waals surface area contributed by atoms with Gasteiger partial charge < -0.3 is 20.1 Å². The van der Waals surface area contributed by atoms with Gasteiger partial charge >= 0.3 is 0 Å². The zero-order chi connectivity index (χ0) is 22.5. The zero-order valence-electron chi connectivity index (χ0n) is 19.3. The molecule has 0 aliphatic carbocycles. The van der Waals surface area contributed by atoms with Crippen LogP contribution in [0.4, 0.5) is 17.5 Å². The fraction of sp³-hybridized carbons (Fsp3) is 0.458. The van der Waals surface area contributed by atoms with Crippen molar-refractivity contribution in [3.8, 4) is 16.9 Å². The predicted molar refractivity (Wildman–Crippen MR) is 126 cm³/mol. The zero-order valence-corrected chi connectivity index (χ0v) is 19.3. The van der Waals surface area contributed by atoms with E-state index in [0.717, 1.165) is 66.5 Å². The van der Waals surface area contributed by atoms with Gasteiger partial charge in [0.2, 0.25) is 5.95 Å². The Kier molecular flexibility index (Phi) is 6.90. The van der Waals surface area contributed by atoms with Crippen molar-refractivity contribution >= 4 is 17.5 Å². The molecule has 1 saturated heterocycles. The quantitative estimate of drug-likeness (QED) is 0.535. The van der Waals surface area contributed by atoms with Gasteiger partial charge in [-0.2, -0.15) is 10.1 Å². The Balaban J connectivity index is 1.51. The average Bonchev–Trinajstić information content (AvgIpc) is 3.20. The van der Waals surface area contributed by atoms with E-state index in [4.69, 9.17) is 14.5 Å². The maximum absolute atomic E-state index is 6.10. The monoisotopic (exact) mass is 436 g/mol. The lowest BCUT2D eigenvalue weighted by Crippen LogP contribution is -2.23. The number of aromatic nitrogens is 4. The molecule has 0 saturated carbocycles. The fourth-order valence-electron chi connectivity index (χ4n) is 3.75. The number of nitrogens with zero attached hydrogens (tertiary/aromatic N) is 4. The molecule has 1 aliphatic rings. The highest BCUT2D eigenvalue weighted by Gasteiger charge is 2.15. The van der Waals surface area contributed by atoms with E-state index in [-0.39, 0.29) is 6.10 Å². The second-order valence-electron chi connectivity index (χ2n) is 8.57. The van der Waals surface area contributed by atoms with E-state index in [9.17, 15) is 0 Å². The highest BCUT2D eigenvalue weighted by molar-refractivity contribution is 5.73. The summed E-state index contributed by atoms with van der Waals surface area (Å²) in [5.41, 5.74) is 3.91. The molecule has 2 aromatic heterocycles. The number of ether oxygens (including phenoxy) is 2. The highest BCUT2D eigenvalue weighted by Crippen LogP contribution is 2.34. The third-order valence-corrected chi connectivity index (χ3v) is 5.49. The number of aryl methyl sites for hydroxylation is 2. The summed E-state index contributed by atoms with van der Waals surface area (Å²) in [6.45, 7) is 8.65. The van der Waals surface area contributed by atoms with Crippen LogP contribution in [0.1, 0.15) is 32.3 Å². The number of benzene rings is 1. The largest absolute Gasteiger partial charge is 0.490 e. The second-order valence-corrected chi connectivity index (χ2v) is 8.57. The van der Waals surface area contributed by atoms with Crippen molar-refractivity contribution in [1.82, 2.24) is 19.7 Å². The molecule has 0 bridgehead atoms. The second kappa shape index (κ2) is 9.99. The van der Waals surface area contributed by atoms with E-state index in [2.05, 4.69) is 20.7 Å². The topological polar surface area (TPSA) is 86.1 Å². The van der Waals surface area contributed by atoms with Crippen molar-refractivity contribution in [2.24, 2.45) is 13.0 Å². The molecule has 1 aliphatic heterocycles. The van der Waals surface area contributed by atoms with Crippen LogP contribution >= 0.6 is 0 Å². The number of nitrogens with one attached hydrogen (secondary N) is 2. The molecule has 3 aromatic rings. The molecule has 0 radical (unpaired) electrons. The first-order valence-corrected chi connectivity index (χ1v) is 11.2. The van der Waals surface area contributed by atoms with Crippen LogP contribution < -0.4 is 15.4 Å². The van der Waals surface area contributed by atoms with Crippen molar-refractivity contribution in [3.63, 3.8) is 0 Å². The number of hydrogen-bond donors (Lipinski definition) is 2. The number of rotatable bonds is 8. The normalized spacial score (nSPS) is 14.5. The van der Waals surface area contributed by atoms with Gasteiger partial charge in [-0.15, -0.1) is 0 Å².